The van der Waals surface area contributed by atoms with Gasteiger partial charge < -0.3 is 29.8 Å². The normalized spacial score (nSPS) is 15.9. The molecule has 2 fully saturated rings. The molecule has 46 heavy (non-hydrogen) atoms. The number of nitrogens with one attached hydrogen (secondary N) is 2. The van der Waals surface area contributed by atoms with Gasteiger partial charge in [-0.15, -0.1) is 0 Å². The van der Waals surface area contributed by atoms with Crippen molar-refractivity contribution in [3.63, 3.8) is 0 Å². The van der Waals surface area contributed by atoms with Crippen LogP contribution < -0.4 is 20.1 Å². The molecule has 0 unspecified atom stereocenters. The van der Waals surface area contributed by atoms with E-state index in [9.17, 15) is 14.4 Å². The van der Waals surface area contributed by atoms with Gasteiger partial charge in [-0.1, -0.05) is 25.0 Å². The third-order valence-electron chi connectivity index (χ3n) is 9.36. The van der Waals surface area contributed by atoms with Crippen molar-refractivity contribution in [2.75, 3.05) is 19.5 Å². The second-order valence-electron chi connectivity index (χ2n) is 12.1. The van der Waals surface area contributed by atoms with Crippen LogP contribution in [0.15, 0.2) is 60.8 Å². The fourth-order valence-electron chi connectivity index (χ4n) is 6.86. The Morgan fingerprint density at radius 2 is 1.72 bits per heavy atom. The summed E-state index contributed by atoms with van der Waals surface area (Å²) in [4.78, 5) is 43.2. The highest BCUT2D eigenvalue weighted by Crippen LogP contribution is 2.44. The van der Waals surface area contributed by atoms with Crippen molar-refractivity contribution in [2.45, 2.75) is 56.4 Å². The lowest BCUT2D eigenvalue weighted by Crippen LogP contribution is -2.61. The molecule has 2 heterocycles. The van der Waals surface area contributed by atoms with E-state index in [1.807, 2.05) is 49.6 Å². The first-order valence-corrected chi connectivity index (χ1v) is 15.6. The molecule has 0 radical (unpaired) electrons. The maximum atomic E-state index is 13.7. The number of fused-ring (bicyclic) bond motifs is 1. The number of hydrogen-bond acceptors (Lipinski definition) is 6. The average Bonchev–Trinajstić information content (AvgIpc) is 3.67. The molecule has 0 atom stereocenters. The highest BCUT2D eigenvalue weighted by molar-refractivity contribution is 6.06. The number of methoxy groups -OCH3 is 2. The lowest BCUT2D eigenvalue weighted by atomic mass is 9.75. The molecule has 3 N–H and O–H groups in total. The number of carbonyl (C=O) groups is 3. The van der Waals surface area contributed by atoms with Gasteiger partial charge in [-0.2, -0.15) is 0 Å². The van der Waals surface area contributed by atoms with Crippen LogP contribution in [0.5, 0.6) is 11.5 Å². The Hall–Kier alpha value is -5.12. The standard InChI is InChI=1S/C36H38N4O6/c1-40-28-19-23(12-13-25(28)32(22-9-4-5-10-22)33(40)27-11-6-7-18-37-27)34(43)39-36(16-8-17-36)35(44)38-24-20-29(45-2)26(14-15-31(41)42)30(21-24)46-3/h6-7,11-15,18-22H,4-5,8-10,16-17H2,1-3H3,(H,38,44)(H,39,43)(H,41,42)/b15-14+. The fourth-order valence-corrected chi connectivity index (χ4v) is 6.86. The van der Waals surface area contributed by atoms with Crippen LogP contribution in [-0.4, -0.2) is 52.2 Å². The van der Waals surface area contributed by atoms with Crippen molar-refractivity contribution in [3.8, 4) is 22.9 Å². The maximum absolute atomic E-state index is 13.7. The first-order valence-electron chi connectivity index (χ1n) is 15.6. The topological polar surface area (TPSA) is 132 Å². The van der Waals surface area contributed by atoms with E-state index in [1.54, 1.807) is 12.1 Å². The molecule has 0 aliphatic heterocycles. The number of carbonyl (C=O) groups excluding carboxylic acids is 2. The van der Waals surface area contributed by atoms with E-state index in [2.05, 4.69) is 20.2 Å². The van der Waals surface area contributed by atoms with E-state index in [4.69, 9.17) is 14.6 Å². The minimum Gasteiger partial charge on any atom is -0.496 e. The number of aromatic nitrogens is 2. The zero-order chi connectivity index (χ0) is 32.4. The Morgan fingerprint density at radius 3 is 2.30 bits per heavy atom. The van der Waals surface area contributed by atoms with Gasteiger partial charge in [0.25, 0.3) is 5.91 Å². The molecule has 2 amide bonds. The van der Waals surface area contributed by atoms with Gasteiger partial charge in [0.2, 0.25) is 5.91 Å². The second kappa shape index (κ2) is 12.7. The third kappa shape index (κ3) is 5.71. The molecular formula is C36H38N4O6. The van der Waals surface area contributed by atoms with Crippen LogP contribution in [-0.2, 0) is 16.6 Å². The molecule has 2 aromatic carbocycles. The molecule has 2 saturated carbocycles. The number of hydrogen-bond donors (Lipinski definition) is 3. The van der Waals surface area contributed by atoms with E-state index in [-0.39, 0.29) is 11.8 Å². The Morgan fingerprint density at radius 1 is 1.00 bits per heavy atom. The number of nitrogens with zero attached hydrogens (tertiary/aromatic N) is 2. The predicted octanol–water partition coefficient (Wildman–Crippen LogP) is 6.30. The quantitative estimate of drug-likeness (QED) is 0.177. The summed E-state index contributed by atoms with van der Waals surface area (Å²) in [5.74, 6) is -0.663. The molecule has 0 bridgehead atoms. The zero-order valence-corrected chi connectivity index (χ0v) is 26.3. The maximum Gasteiger partial charge on any atom is 0.328 e. The predicted molar refractivity (Wildman–Crippen MR) is 176 cm³/mol. The van der Waals surface area contributed by atoms with Gasteiger partial charge in [0.1, 0.15) is 17.0 Å². The molecular weight excluding hydrogens is 584 g/mol. The number of pyridine rings is 1. The Bertz CT molecular complexity index is 1810. The van der Waals surface area contributed by atoms with Crippen LogP contribution >= 0.6 is 0 Å². The molecule has 2 aliphatic rings. The summed E-state index contributed by atoms with van der Waals surface area (Å²) in [5, 5.41) is 16.2. The third-order valence-corrected chi connectivity index (χ3v) is 9.36. The van der Waals surface area contributed by atoms with Crippen molar-refractivity contribution in [2.24, 2.45) is 7.05 Å². The number of aryl methyl sites for hydroxylation is 1. The summed E-state index contributed by atoms with van der Waals surface area (Å²) in [6, 6.07) is 14.9. The summed E-state index contributed by atoms with van der Waals surface area (Å²) in [6.07, 6.45) is 10.7. The van der Waals surface area contributed by atoms with E-state index < -0.39 is 11.5 Å². The summed E-state index contributed by atoms with van der Waals surface area (Å²) in [7, 11) is 4.93. The van der Waals surface area contributed by atoms with E-state index in [1.165, 1.54) is 38.7 Å². The van der Waals surface area contributed by atoms with Crippen molar-refractivity contribution >= 4 is 40.4 Å². The monoisotopic (exact) mass is 622 g/mol. The fraction of sp³-hybridized carbons (Fsp3) is 0.333. The number of carboxylic acids is 1. The first kappa shape index (κ1) is 30.9. The van der Waals surface area contributed by atoms with Gasteiger partial charge in [0.05, 0.1) is 31.2 Å². The zero-order valence-electron chi connectivity index (χ0n) is 26.3. The van der Waals surface area contributed by atoms with Crippen molar-refractivity contribution in [1.29, 1.82) is 0 Å². The van der Waals surface area contributed by atoms with Gasteiger partial charge >= 0.3 is 5.97 Å². The highest BCUT2D eigenvalue weighted by Gasteiger charge is 2.45. The van der Waals surface area contributed by atoms with Crippen molar-refractivity contribution < 1.29 is 29.0 Å². The first-order chi connectivity index (χ1) is 22.2. The number of carboxylic acid groups (broad SMARTS) is 1. The molecule has 2 aliphatic carbocycles. The minimum absolute atomic E-state index is 0.316. The van der Waals surface area contributed by atoms with Crippen LogP contribution in [0, 0.1) is 0 Å². The number of rotatable bonds is 10. The van der Waals surface area contributed by atoms with E-state index >= 15 is 0 Å². The van der Waals surface area contributed by atoms with Gasteiger partial charge in [-0.3, -0.25) is 14.6 Å². The second-order valence-corrected chi connectivity index (χ2v) is 12.1. The molecule has 4 aromatic rings. The van der Waals surface area contributed by atoms with Crippen LogP contribution in [0.25, 0.3) is 28.4 Å². The molecule has 2 aromatic heterocycles. The van der Waals surface area contributed by atoms with Gasteiger partial charge in [0.15, 0.2) is 0 Å². The average molecular weight is 623 g/mol. The van der Waals surface area contributed by atoms with Crippen LogP contribution in [0.3, 0.4) is 0 Å². The SMILES string of the molecule is COc1cc(NC(=O)C2(NC(=O)c3ccc4c(C5CCCC5)c(-c5ccccn5)n(C)c4c3)CCC2)cc(OC)c1/C=C/C(=O)O. The summed E-state index contributed by atoms with van der Waals surface area (Å²) < 4.78 is 13.1. The molecule has 0 saturated heterocycles. The summed E-state index contributed by atoms with van der Waals surface area (Å²) in [5.41, 5.74) is 4.49. The molecule has 238 valence electrons. The lowest BCUT2D eigenvalue weighted by molar-refractivity contribution is -0.131. The smallest absolute Gasteiger partial charge is 0.328 e. The summed E-state index contributed by atoms with van der Waals surface area (Å²) in [6.45, 7) is 0. The van der Waals surface area contributed by atoms with Crippen molar-refractivity contribution in [3.05, 3.63) is 77.5 Å². The van der Waals surface area contributed by atoms with Crippen LogP contribution in [0.2, 0.25) is 0 Å². The van der Waals surface area contributed by atoms with Gasteiger partial charge in [-0.05, 0) is 73.9 Å². The molecule has 10 nitrogen and oxygen atoms in total. The van der Waals surface area contributed by atoms with Crippen molar-refractivity contribution in [1.82, 2.24) is 14.9 Å². The van der Waals surface area contributed by atoms with Gasteiger partial charge in [-0.25, -0.2) is 4.79 Å². The number of benzene rings is 2. The van der Waals surface area contributed by atoms with Crippen LogP contribution in [0.1, 0.15) is 72.3 Å². The number of anilines is 1. The highest BCUT2D eigenvalue weighted by atomic mass is 16.5. The number of ether oxygens (including phenoxy) is 2. The molecule has 0 spiro atoms. The summed E-state index contributed by atoms with van der Waals surface area (Å²) >= 11 is 0. The largest absolute Gasteiger partial charge is 0.496 e. The Kier molecular flexibility index (Phi) is 8.53. The number of aliphatic carboxylic acids is 1. The molecule has 6 rings (SSSR count). The lowest BCUT2D eigenvalue weighted by Gasteiger charge is -2.40. The van der Waals surface area contributed by atoms with E-state index in [0.29, 0.717) is 47.1 Å². The van der Waals surface area contributed by atoms with E-state index in [0.717, 1.165) is 47.6 Å². The number of amides is 2. The van der Waals surface area contributed by atoms with Gasteiger partial charge in [0, 0.05) is 53.6 Å². The molecule has 10 heteroatoms. The van der Waals surface area contributed by atoms with Crippen LogP contribution in [0.4, 0.5) is 5.69 Å². The Balaban J connectivity index is 1.28. The minimum atomic E-state index is -1.11. The Labute approximate surface area is 267 Å².